The number of hydrogen-bond donors (Lipinski definition) is 1. The molecule has 0 aromatic heterocycles. The van der Waals surface area contributed by atoms with Gasteiger partial charge in [-0.3, -0.25) is 0 Å². The van der Waals surface area contributed by atoms with Crippen molar-refractivity contribution < 1.29 is 0 Å². The van der Waals surface area contributed by atoms with Gasteiger partial charge in [-0.2, -0.15) is 0 Å². The molecule has 0 radical (unpaired) electrons. The quantitative estimate of drug-likeness (QED) is 0.724. The van der Waals surface area contributed by atoms with E-state index in [0.29, 0.717) is 5.92 Å². The first-order chi connectivity index (χ1) is 9.22. The largest absolute Gasteiger partial charge is 0.384 e. The van der Waals surface area contributed by atoms with Crippen molar-refractivity contribution in [3.05, 3.63) is 60.7 Å². The van der Waals surface area contributed by atoms with Gasteiger partial charge < -0.3 is 5.32 Å². The lowest BCUT2D eigenvalue weighted by Gasteiger charge is -2.09. The molecular formula is C18H25N. The minimum Gasteiger partial charge on any atom is -0.384 e. The van der Waals surface area contributed by atoms with Crippen LogP contribution in [0.3, 0.4) is 0 Å². The summed E-state index contributed by atoms with van der Waals surface area (Å²) in [4.78, 5) is 0. The van der Waals surface area contributed by atoms with E-state index in [2.05, 4.69) is 62.7 Å². The molecule has 0 fully saturated rings. The number of anilines is 1. The van der Waals surface area contributed by atoms with Crippen molar-refractivity contribution >= 4 is 11.8 Å². The maximum atomic E-state index is 3.86. The summed E-state index contributed by atoms with van der Waals surface area (Å²) in [6.45, 7) is 12.6. The van der Waals surface area contributed by atoms with Crippen molar-refractivity contribution in [1.82, 2.24) is 0 Å². The van der Waals surface area contributed by atoms with E-state index >= 15 is 0 Å². The highest BCUT2D eigenvalue weighted by Gasteiger charge is 2.10. The van der Waals surface area contributed by atoms with E-state index in [0.717, 1.165) is 19.4 Å². The average Bonchev–Trinajstić information content (AvgIpc) is 2.68. The number of allylic oxidation sites excluding steroid dienone is 2. The standard InChI is InChI=1S/C14H17N.C4H8/c1-3-11(2)12-8-9-15-14-7-5-4-6-13(14)10-12;1-3-4-2/h3-7,10-11,15H,1,8-9H2,2H3;3H,1,4H2,2H3. The van der Waals surface area contributed by atoms with Gasteiger partial charge >= 0.3 is 0 Å². The van der Waals surface area contributed by atoms with Crippen LogP contribution in [0.1, 0.15) is 32.3 Å². The molecule has 1 heterocycles. The lowest BCUT2D eigenvalue weighted by atomic mass is 9.96. The fourth-order valence-corrected chi connectivity index (χ4v) is 1.91. The molecule has 0 spiro atoms. The van der Waals surface area contributed by atoms with Gasteiger partial charge in [0.1, 0.15) is 0 Å². The zero-order valence-corrected chi connectivity index (χ0v) is 12.2. The Kier molecular flexibility index (Phi) is 6.73. The average molecular weight is 255 g/mol. The van der Waals surface area contributed by atoms with Crippen molar-refractivity contribution in [2.24, 2.45) is 5.92 Å². The molecular weight excluding hydrogens is 230 g/mol. The Balaban J connectivity index is 0.000000399. The molecule has 0 bridgehead atoms. The first-order valence-corrected chi connectivity index (χ1v) is 6.99. The van der Waals surface area contributed by atoms with Crippen molar-refractivity contribution in [2.45, 2.75) is 26.7 Å². The summed E-state index contributed by atoms with van der Waals surface area (Å²) >= 11 is 0. The van der Waals surface area contributed by atoms with Crippen molar-refractivity contribution in [2.75, 3.05) is 11.9 Å². The lowest BCUT2D eigenvalue weighted by Crippen LogP contribution is -2.03. The zero-order chi connectivity index (χ0) is 14.1. The first-order valence-electron chi connectivity index (χ1n) is 6.99. The van der Waals surface area contributed by atoms with Gasteiger partial charge in [0, 0.05) is 12.2 Å². The smallest absolute Gasteiger partial charge is 0.0413 e. The summed E-state index contributed by atoms with van der Waals surface area (Å²) in [6, 6.07) is 8.44. The molecule has 19 heavy (non-hydrogen) atoms. The Bertz CT molecular complexity index is 443. The van der Waals surface area contributed by atoms with Gasteiger partial charge in [-0.05, 0) is 30.4 Å². The summed E-state index contributed by atoms with van der Waals surface area (Å²) in [5.74, 6) is 0.470. The molecule has 1 aromatic carbocycles. The Morgan fingerprint density at radius 3 is 2.63 bits per heavy atom. The van der Waals surface area contributed by atoms with Crippen molar-refractivity contribution in [3.8, 4) is 0 Å². The molecule has 1 atom stereocenters. The zero-order valence-electron chi connectivity index (χ0n) is 12.2. The molecule has 1 heteroatoms. The van der Waals surface area contributed by atoms with Crippen LogP contribution in [0.2, 0.25) is 0 Å². The van der Waals surface area contributed by atoms with Crippen LogP contribution in [-0.4, -0.2) is 6.54 Å². The van der Waals surface area contributed by atoms with Crippen molar-refractivity contribution in [3.63, 3.8) is 0 Å². The highest BCUT2D eigenvalue weighted by atomic mass is 14.9. The van der Waals surface area contributed by atoms with Gasteiger partial charge in [0.2, 0.25) is 0 Å². The Morgan fingerprint density at radius 2 is 2.00 bits per heavy atom. The van der Waals surface area contributed by atoms with E-state index in [1.54, 1.807) is 0 Å². The maximum absolute atomic E-state index is 3.86. The minimum absolute atomic E-state index is 0.470. The van der Waals surface area contributed by atoms with Crippen LogP contribution in [0.4, 0.5) is 5.69 Å². The fraction of sp³-hybridized carbons (Fsp3) is 0.333. The number of hydrogen-bond acceptors (Lipinski definition) is 1. The third-order valence-corrected chi connectivity index (χ3v) is 3.26. The highest BCUT2D eigenvalue weighted by Crippen LogP contribution is 2.26. The van der Waals surface area contributed by atoms with Crippen LogP contribution in [0.15, 0.2) is 55.1 Å². The summed E-state index contributed by atoms with van der Waals surface area (Å²) in [7, 11) is 0. The number of fused-ring (bicyclic) bond motifs is 1. The number of nitrogens with one attached hydrogen (secondary N) is 1. The third kappa shape index (κ3) is 4.78. The van der Waals surface area contributed by atoms with Crippen LogP contribution >= 0.6 is 0 Å². The van der Waals surface area contributed by atoms with Crippen LogP contribution in [0.5, 0.6) is 0 Å². The fourth-order valence-electron chi connectivity index (χ4n) is 1.91. The lowest BCUT2D eigenvalue weighted by molar-refractivity contribution is 0.805. The summed E-state index contributed by atoms with van der Waals surface area (Å²) < 4.78 is 0. The molecule has 1 aliphatic rings. The molecule has 0 aliphatic carbocycles. The number of para-hydroxylation sites is 1. The highest BCUT2D eigenvalue weighted by molar-refractivity contribution is 5.69. The summed E-state index contributed by atoms with van der Waals surface area (Å²) in [5, 5.41) is 3.45. The molecule has 1 aliphatic heterocycles. The van der Waals surface area contributed by atoms with Gasteiger partial charge in [-0.25, -0.2) is 0 Å². The van der Waals surface area contributed by atoms with E-state index in [1.165, 1.54) is 16.8 Å². The van der Waals surface area contributed by atoms with E-state index in [9.17, 15) is 0 Å². The van der Waals surface area contributed by atoms with Gasteiger partial charge in [0.15, 0.2) is 0 Å². The summed E-state index contributed by atoms with van der Waals surface area (Å²) in [6.07, 6.45) is 8.36. The molecule has 2 rings (SSSR count). The Morgan fingerprint density at radius 1 is 1.32 bits per heavy atom. The van der Waals surface area contributed by atoms with Crippen LogP contribution in [-0.2, 0) is 0 Å². The van der Waals surface area contributed by atoms with Gasteiger partial charge in [-0.15, -0.1) is 13.2 Å². The van der Waals surface area contributed by atoms with Gasteiger partial charge in [0.05, 0.1) is 0 Å². The van der Waals surface area contributed by atoms with E-state index in [4.69, 9.17) is 0 Å². The van der Waals surface area contributed by atoms with Crippen molar-refractivity contribution in [1.29, 1.82) is 0 Å². The molecule has 1 N–H and O–H groups in total. The molecule has 0 saturated heterocycles. The van der Waals surface area contributed by atoms with Gasteiger partial charge in [0.25, 0.3) is 0 Å². The SMILES string of the molecule is C=CC(C)C1=Cc2ccccc2NCC1.C=CCC. The second-order valence-electron chi connectivity index (χ2n) is 4.70. The topological polar surface area (TPSA) is 12.0 Å². The predicted octanol–water partition coefficient (Wildman–Crippen LogP) is 5.29. The van der Waals surface area contributed by atoms with Crippen LogP contribution in [0, 0.1) is 5.92 Å². The third-order valence-electron chi connectivity index (χ3n) is 3.26. The minimum atomic E-state index is 0.470. The van der Waals surface area contributed by atoms with E-state index in [1.807, 2.05) is 12.2 Å². The normalized spacial score (nSPS) is 14.5. The Hall–Kier alpha value is -1.76. The van der Waals surface area contributed by atoms with Crippen LogP contribution in [0.25, 0.3) is 6.08 Å². The van der Waals surface area contributed by atoms with E-state index < -0.39 is 0 Å². The molecule has 0 saturated carbocycles. The molecule has 0 amide bonds. The molecule has 1 aromatic rings. The molecule has 102 valence electrons. The predicted molar refractivity (Wildman–Crippen MR) is 87.4 cm³/mol. The first kappa shape index (κ1) is 15.3. The molecule has 1 unspecified atom stereocenters. The number of benzene rings is 1. The summed E-state index contributed by atoms with van der Waals surface area (Å²) in [5.41, 5.74) is 3.99. The second-order valence-corrected chi connectivity index (χ2v) is 4.70. The van der Waals surface area contributed by atoms with Crippen LogP contribution < -0.4 is 5.32 Å². The van der Waals surface area contributed by atoms with E-state index in [-0.39, 0.29) is 0 Å². The number of rotatable bonds is 3. The monoisotopic (exact) mass is 255 g/mol. The van der Waals surface area contributed by atoms with Gasteiger partial charge in [-0.1, -0.05) is 55.8 Å². The second kappa shape index (κ2) is 8.36. The Labute approximate surface area is 117 Å². The molecule has 1 nitrogen and oxygen atoms in total. The maximum Gasteiger partial charge on any atom is 0.0413 e.